The third-order valence-electron chi connectivity index (χ3n) is 5.43. The Balaban J connectivity index is 1.93. The molecule has 1 amide bonds. The first kappa shape index (κ1) is 22.4. The van der Waals surface area contributed by atoms with E-state index in [1.807, 2.05) is 25.7 Å². The summed E-state index contributed by atoms with van der Waals surface area (Å²) in [7, 11) is 0. The minimum Gasteiger partial charge on any atom is -0.491 e. The molecule has 0 fully saturated rings. The summed E-state index contributed by atoms with van der Waals surface area (Å²) >= 11 is 0. The predicted octanol–water partition coefficient (Wildman–Crippen LogP) is 5.18. The summed E-state index contributed by atoms with van der Waals surface area (Å²) in [6.07, 6.45) is 0.803. The van der Waals surface area contributed by atoms with E-state index >= 15 is 0 Å². The monoisotopic (exact) mass is 409 g/mol. The number of carbonyl (C=O) groups is 1. The van der Waals surface area contributed by atoms with Crippen LogP contribution >= 0.6 is 0 Å². The molecule has 0 radical (unpaired) electrons. The molecule has 0 aliphatic carbocycles. The fourth-order valence-electron chi connectivity index (χ4n) is 3.73. The lowest BCUT2D eigenvalue weighted by Crippen LogP contribution is -2.41. The highest BCUT2D eigenvalue weighted by atomic mass is 16.5. The van der Waals surface area contributed by atoms with Crippen molar-refractivity contribution in [3.05, 3.63) is 64.7 Å². The van der Waals surface area contributed by atoms with Crippen LogP contribution in [-0.4, -0.2) is 37.2 Å². The van der Waals surface area contributed by atoms with E-state index in [4.69, 9.17) is 9.47 Å². The van der Waals surface area contributed by atoms with Crippen LogP contribution < -0.4 is 4.74 Å². The number of hydrogen-bond acceptors (Lipinski definition) is 3. The number of nitrogens with zero attached hydrogens (tertiary/aromatic N) is 1. The van der Waals surface area contributed by atoms with Crippen molar-refractivity contribution in [1.29, 1.82) is 0 Å². The Bertz CT molecular complexity index is 867. The minimum atomic E-state index is -0.418. The number of benzene rings is 2. The molecule has 2 aromatic rings. The molecule has 1 aliphatic heterocycles. The van der Waals surface area contributed by atoms with Crippen molar-refractivity contribution in [3.63, 3.8) is 0 Å². The first-order chi connectivity index (χ1) is 14.2. The first-order valence-corrected chi connectivity index (χ1v) is 10.9. The van der Waals surface area contributed by atoms with Gasteiger partial charge in [-0.1, -0.05) is 71.0 Å². The van der Waals surface area contributed by atoms with Crippen LogP contribution in [0.5, 0.6) is 5.75 Å². The summed E-state index contributed by atoms with van der Waals surface area (Å²) in [4.78, 5) is 14.9. The van der Waals surface area contributed by atoms with Gasteiger partial charge in [0, 0.05) is 24.9 Å². The standard InChI is InChI=1S/C26H35NO3/c1-19(2)22-9-10-24-23(17-22)16-20-7-6-8-21(15-20)18-27(25(28)26(3,4)5)11-12-29-13-14-30-24/h6-10,15,17,19H,11-14,16,18H2,1-5H3. The molecule has 0 unspecified atom stereocenters. The average molecular weight is 410 g/mol. The average Bonchev–Trinajstić information content (AvgIpc) is 2.69. The lowest BCUT2D eigenvalue weighted by Gasteiger charge is -2.30. The molecule has 0 aromatic heterocycles. The molecule has 30 heavy (non-hydrogen) atoms. The third-order valence-corrected chi connectivity index (χ3v) is 5.43. The van der Waals surface area contributed by atoms with Crippen LogP contribution in [0.15, 0.2) is 42.5 Å². The number of ether oxygens (including phenoxy) is 2. The second kappa shape index (κ2) is 9.65. The van der Waals surface area contributed by atoms with Gasteiger partial charge < -0.3 is 14.4 Å². The van der Waals surface area contributed by atoms with Crippen LogP contribution in [0.4, 0.5) is 0 Å². The van der Waals surface area contributed by atoms with Crippen molar-refractivity contribution in [2.75, 3.05) is 26.4 Å². The molecule has 2 bridgehead atoms. The van der Waals surface area contributed by atoms with Gasteiger partial charge in [-0.15, -0.1) is 0 Å². The van der Waals surface area contributed by atoms with Crippen LogP contribution in [0.2, 0.25) is 0 Å². The van der Waals surface area contributed by atoms with E-state index in [1.165, 1.54) is 16.7 Å². The number of hydrogen-bond donors (Lipinski definition) is 0. The van der Waals surface area contributed by atoms with Gasteiger partial charge in [0.2, 0.25) is 5.91 Å². The van der Waals surface area contributed by atoms with E-state index in [-0.39, 0.29) is 5.91 Å². The maximum absolute atomic E-state index is 13.0. The van der Waals surface area contributed by atoms with Crippen LogP contribution in [0.25, 0.3) is 0 Å². The quantitative estimate of drug-likeness (QED) is 0.651. The predicted molar refractivity (Wildman–Crippen MR) is 121 cm³/mol. The van der Waals surface area contributed by atoms with Crippen molar-refractivity contribution in [1.82, 2.24) is 4.90 Å². The first-order valence-electron chi connectivity index (χ1n) is 10.9. The van der Waals surface area contributed by atoms with Crippen LogP contribution in [0.1, 0.15) is 62.8 Å². The summed E-state index contributed by atoms with van der Waals surface area (Å²) in [6, 6.07) is 15.0. The molecular weight excluding hydrogens is 374 g/mol. The number of fused-ring (bicyclic) bond motifs is 3. The molecule has 0 saturated heterocycles. The van der Waals surface area contributed by atoms with E-state index in [0.29, 0.717) is 38.8 Å². The smallest absolute Gasteiger partial charge is 0.228 e. The fourth-order valence-corrected chi connectivity index (χ4v) is 3.73. The van der Waals surface area contributed by atoms with Gasteiger partial charge in [-0.2, -0.15) is 0 Å². The van der Waals surface area contributed by atoms with E-state index in [2.05, 4.69) is 56.3 Å². The van der Waals surface area contributed by atoms with Gasteiger partial charge >= 0.3 is 0 Å². The molecule has 4 nitrogen and oxygen atoms in total. The maximum atomic E-state index is 13.0. The second-order valence-electron chi connectivity index (χ2n) is 9.46. The van der Waals surface area contributed by atoms with Gasteiger partial charge in [0.25, 0.3) is 0 Å². The van der Waals surface area contributed by atoms with Crippen LogP contribution in [-0.2, 0) is 22.5 Å². The van der Waals surface area contributed by atoms with Crippen molar-refractivity contribution in [3.8, 4) is 5.75 Å². The molecular formula is C26H35NO3. The van der Waals surface area contributed by atoms with E-state index < -0.39 is 5.41 Å². The molecule has 4 heteroatoms. The molecule has 0 N–H and O–H groups in total. The summed E-state index contributed by atoms with van der Waals surface area (Å²) in [5.74, 6) is 1.54. The highest BCUT2D eigenvalue weighted by Crippen LogP contribution is 2.27. The summed E-state index contributed by atoms with van der Waals surface area (Å²) in [5, 5.41) is 0. The van der Waals surface area contributed by atoms with E-state index in [1.54, 1.807) is 0 Å². The SMILES string of the molecule is CC(C)c1ccc2c(c1)Cc1cccc(c1)CN(C(=O)C(C)(C)C)CCOCCO2. The van der Waals surface area contributed by atoms with E-state index in [0.717, 1.165) is 17.7 Å². The second-order valence-corrected chi connectivity index (χ2v) is 9.46. The van der Waals surface area contributed by atoms with Gasteiger partial charge in [0.1, 0.15) is 12.4 Å². The van der Waals surface area contributed by atoms with Crippen molar-refractivity contribution in [2.45, 2.75) is 53.5 Å². The Kier molecular flexibility index (Phi) is 7.19. The maximum Gasteiger partial charge on any atom is 0.228 e. The zero-order valence-corrected chi connectivity index (χ0v) is 19.0. The zero-order valence-electron chi connectivity index (χ0n) is 19.0. The van der Waals surface area contributed by atoms with Gasteiger partial charge in [0.05, 0.1) is 13.2 Å². The van der Waals surface area contributed by atoms with Crippen LogP contribution in [0.3, 0.4) is 0 Å². The Morgan fingerprint density at radius 3 is 2.50 bits per heavy atom. The highest BCUT2D eigenvalue weighted by Gasteiger charge is 2.27. The largest absolute Gasteiger partial charge is 0.491 e. The number of carbonyl (C=O) groups excluding carboxylic acids is 1. The van der Waals surface area contributed by atoms with Crippen molar-refractivity contribution in [2.24, 2.45) is 5.41 Å². The minimum absolute atomic E-state index is 0.145. The normalized spacial score (nSPS) is 15.9. The fraction of sp³-hybridized carbons (Fsp3) is 0.500. The molecule has 1 aliphatic rings. The summed E-state index contributed by atoms with van der Waals surface area (Å²) in [6.45, 7) is 13.0. The third kappa shape index (κ3) is 5.85. The van der Waals surface area contributed by atoms with Gasteiger partial charge in [-0.25, -0.2) is 0 Å². The summed E-state index contributed by atoms with van der Waals surface area (Å²) in [5.41, 5.74) is 4.46. The lowest BCUT2D eigenvalue weighted by atomic mass is 9.94. The van der Waals surface area contributed by atoms with E-state index in [9.17, 15) is 4.79 Å². The van der Waals surface area contributed by atoms with Crippen molar-refractivity contribution < 1.29 is 14.3 Å². The molecule has 0 atom stereocenters. The Hall–Kier alpha value is -2.33. The highest BCUT2D eigenvalue weighted by molar-refractivity contribution is 5.81. The molecule has 0 spiro atoms. The Morgan fingerprint density at radius 2 is 1.77 bits per heavy atom. The molecule has 3 rings (SSSR count). The van der Waals surface area contributed by atoms with Gasteiger partial charge in [-0.3, -0.25) is 4.79 Å². The number of rotatable bonds is 1. The number of amides is 1. The molecule has 0 saturated carbocycles. The topological polar surface area (TPSA) is 38.8 Å². The zero-order chi connectivity index (χ0) is 21.7. The molecule has 162 valence electrons. The van der Waals surface area contributed by atoms with Gasteiger partial charge in [-0.05, 0) is 34.2 Å². The van der Waals surface area contributed by atoms with Crippen LogP contribution in [0, 0.1) is 5.41 Å². The Morgan fingerprint density at radius 1 is 1.00 bits per heavy atom. The molecule has 1 heterocycles. The Labute approximate surface area is 181 Å². The lowest BCUT2D eigenvalue weighted by molar-refractivity contribution is -0.141. The molecule has 2 aromatic carbocycles. The summed E-state index contributed by atoms with van der Waals surface area (Å²) < 4.78 is 11.8. The van der Waals surface area contributed by atoms with Crippen molar-refractivity contribution >= 4 is 5.91 Å². The van der Waals surface area contributed by atoms with Gasteiger partial charge in [0.15, 0.2) is 0 Å².